The number of hydrogen-bond donors (Lipinski definition) is 9. The van der Waals surface area contributed by atoms with Crippen molar-refractivity contribution in [1.29, 1.82) is 0 Å². The van der Waals surface area contributed by atoms with Crippen LogP contribution in [0.1, 0.15) is 12.5 Å². The van der Waals surface area contributed by atoms with E-state index in [1.807, 2.05) is 0 Å². The molecule has 3 aliphatic rings. The molecule has 0 amide bonds. The molecule has 0 aromatic heterocycles. The lowest BCUT2D eigenvalue weighted by Crippen LogP contribution is -2.65. The van der Waals surface area contributed by atoms with Crippen LogP contribution >= 0.6 is 0 Å². The summed E-state index contributed by atoms with van der Waals surface area (Å²) in [5.74, 6) is -2.75. The van der Waals surface area contributed by atoms with Crippen molar-refractivity contribution >= 4 is 0 Å². The maximum Gasteiger partial charge on any atom is 0.221 e. The smallest absolute Gasteiger partial charge is 0.221 e. The van der Waals surface area contributed by atoms with Gasteiger partial charge in [0.2, 0.25) is 5.79 Å². The van der Waals surface area contributed by atoms with Crippen LogP contribution in [-0.2, 0) is 39.6 Å². The Morgan fingerprint density at radius 1 is 0.878 bits per heavy atom. The zero-order chi connectivity index (χ0) is 30.1. The van der Waals surface area contributed by atoms with E-state index in [0.29, 0.717) is 5.56 Å². The van der Waals surface area contributed by atoms with Crippen LogP contribution in [0.25, 0.3) is 0 Å². The Hall–Kier alpha value is -1.74. The Morgan fingerprint density at radius 3 is 2.22 bits per heavy atom. The summed E-state index contributed by atoms with van der Waals surface area (Å²) < 4.78 is 39.1. The van der Waals surface area contributed by atoms with E-state index in [-0.39, 0.29) is 24.5 Å². The van der Waals surface area contributed by atoms with E-state index >= 15 is 0 Å². The van der Waals surface area contributed by atoms with E-state index in [9.17, 15) is 46.0 Å². The van der Waals surface area contributed by atoms with Crippen molar-refractivity contribution in [1.82, 2.24) is 0 Å². The van der Waals surface area contributed by atoms with Crippen LogP contribution < -0.4 is 0 Å². The van der Waals surface area contributed by atoms with Crippen molar-refractivity contribution in [3.8, 4) is 11.5 Å². The lowest BCUT2D eigenvalue weighted by molar-refractivity contribution is -0.375. The number of aliphatic hydroxyl groups excluding tert-OH is 6. The van der Waals surface area contributed by atoms with Gasteiger partial charge in [-0.3, -0.25) is 0 Å². The van der Waals surface area contributed by atoms with Gasteiger partial charge >= 0.3 is 0 Å². The standard InChI is InChI=1S/C25H38O16/c1-10-15(29)17(31)18(32)22(38-10)40-19-16(30)14(8-26)39-23(36-6-5-11-3-4-12(27)13(28)7-11)20(19)41-24-21(33)25(34,35-2)9-37-24/h3-4,7,10,14-24,26-34H,5-6,8-9H2,1-2H3/t10-,14+,15-,16+,17+,18+,19-,20+,21-,22-,23+,24-,25+/m0/s1. The number of aliphatic hydroxyl groups is 7. The second kappa shape index (κ2) is 13.3. The largest absolute Gasteiger partial charge is 0.504 e. The third-order valence-electron chi connectivity index (χ3n) is 7.43. The number of ether oxygens (including phenoxy) is 7. The van der Waals surface area contributed by atoms with Crippen LogP contribution in [0.5, 0.6) is 11.5 Å². The molecule has 4 rings (SSSR count). The van der Waals surface area contributed by atoms with Gasteiger partial charge in [-0.25, -0.2) is 0 Å². The molecule has 3 aliphatic heterocycles. The number of benzene rings is 1. The lowest BCUT2D eigenvalue weighted by Gasteiger charge is -2.47. The summed E-state index contributed by atoms with van der Waals surface area (Å²) >= 11 is 0. The molecule has 3 fully saturated rings. The van der Waals surface area contributed by atoms with Crippen LogP contribution in [0.15, 0.2) is 18.2 Å². The van der Waals surface area contributed by atoms with Crippen molar-refractivity contribution in [2.75, 3.05) is 26.9 Å². The van der Waals surface area contributed by atoms with E-state index in [1.165, 1.54) is 19.1 Å². The molecule has 0 aliphatic carbocycles. The van der Waals surface area contributed by atoms with Crippen molar-refractivity contribution in [3.63, 3.8) is 0 Å². The average molecular weight is 595 g/mol. The molecule has 16 nitrogen and oxygen atoms in total. The highest BCUT2D eigenvalue weighted by Crippen LogP contribution is 2.35. The summed E-state index contributed by atoms with van der Waals surface area (Å²) in [5.41, 5.74) is 0.583. The molecule has 0 saturated carbocycles. The van der Waals surface area contributed by atoms with Crippen molar-refractivity contribution in [2.45, 2.75) is 92.9 Å². The Kier molecular flexibility index (Phi) is 10.4. The van der Waals surface area contributed by atoms with Crippen LogP contribution in [0.3, 0.4) is 0 Å². The van der Waals surface area contributed by atoms with Gasteiger partial charge in [0.1, 0.15) is 49.3 Å². The molecule has 3 saturated heterocycles. The molecule has 13 atom stereocenters. The summed E-state index contributed by atoms with van der Waals surface area (Å²) in [5, 5.41) is 92.0. The van der Waals surface area contributed by atoms with Crippen LogP contribution in [-0.4, -0.2) is 152 Å². The fraction of sp³-hybridized carbons (Fsp3) is 0.760. The molecule has 0 bridgehead atoms. The minimum Gasteiger partial charge on any atom is -0.504 e. The zero-order valence-electron chi connectivity index (χ0n) is 22.4. The highest BCUT2D eigenvalue weighted by Gasteiger charge is 2.55. The van der Waals surface area contributed by atoms with Crippen LogP contribution in [0.2, 0.25) is 0 Å². The van der Waals surface area contributed by atoms with Crippen molar-refractivity contribution in [2.24, 2.45) is 0 Å². The second-order valence-corrected chi connectivity index (χ2v) is 10.2. The Bertz CT molecular complexity index is 998. The normalized spacial score (nSPS) is 43.3. The van der Waals surface area contributed by atoms with Crippen molar-refractivity contribution < 1.29 is 79.1 Å². The van der Waals surface area contributed by atoms with E-state index < -0.39 is 92.8 Å². The van der Waals surface area contributed by atoms with E-state index in [2.05, 4.69) is 0 Å². The minimum atomic E-state index is -2.11. The molecule has 234 valence electrons. The SMILES string of the molecule is CO[C@]1(O)CO[C@@H](O[C@H]2[C@H](OCCc3ccc(O)c(O)c3)O[C@H](CO)[C@@H](O)[C@@H]2O[C@@H]2O[C@@H](C)[C@H](O)[C@@H](O)[C@H]2O)[C@@H]1O. The second-order valence-electron chi connectivity index (χ2n) is 10.2. The number of hydrogen-bond acceptors (Lipinski definition) is 16. The Morgan fingerprint density at radius 2 is 1.59 bits per heavy atom. The predicted molar refractivity (Wildman–Crippen MR) is 131 cm³/mol. The first-order valence-electron chi connectivity index (χ1n) is 13.0. The monoisotopic (exact) mass is 594 g/mol. The van der Waals surface area contributed by atoms with E-state index in [1.54, 1.807) is 6.07 Å². The number of phenolic OH excluding ortho intramolecular Hbond substituents is 2. The quantitative estimate of drug-likeness (QED) is 0.0937. The average Bonchev–Trinajstić information content (AvgIpc) is 3.24. The molecule has 16 heteroatoms. The molecule has 9 N–H and O–H groups in total. The van der Waals surface area contributed by atoms with Crippen molar-refractivity contribution in [3.05, 3.63) is 23.8 Å². The number of aromatic hydroxyl groups is 2. The Balaban J connectivity index is 1.57. The number of phenols is 2. The van der Waals surface area contributed by atoms with Gasteiger partial charge in [0.25, 0.3) is 0 Å². The molecule has 0 spiro atoms. The topological polar surface area (TPSA) is 247 Å². The molecular weight excluding hydrogens is 556 g/mol. The zero-order valence-corrected chi connectivity index (χ0v) is 22.4. The number of rotatable bonds is 10. The fourth-order valence-corrected chi connectivity index (χ4v) is 4.81. The van der Waals surface area contributed by atoms with Gasteiger partial charge in [-0.2, -0.15) is 0 Å². The maximum atomic E-state index is 11.0. The molecule has 0 radical (unpaired) electrons. The Labute approximate surface area is 234 Å². The minimum absolute atomic E-state index is 0.0731. The fourth-order valence-electron chi connectivity index (χ4n) is 4.81. The van der Waals surface area contributed by atoms with Crippen LogP contribution in [0.4, 0.5) is 0 Å². The highest BCUT2D eigenvalue weighted by molar-refractivity contribution is 5.40. The summed E-state index contributed by atoms with van der Waals surface area (Å²) in [4.78, 5) is 0. The van der Waals surface area contributed by atoms with Gasteiger partial charge in [0, 0.05) is 7.11 Å². The number of methoxy groups -OCH3 is 1. The summed E-state index contributed by atoms with van der Waals surface area (Å²) in [6, 6.07) is 4.18. The van der Waals surface area contributed by atoms with Gasteiger partial charge in [0.15, 0.2) is 36.5 Å². The van der Waals surface area contributed by atoms with E-state index in [4.69, 9.17) is 33.2 Å². The summed E-state index contributed by atoms with van der Waals surface area (Å²) in [6.45, 7) is 0.189. The van der Waals surface area contributed by atoms with Gasteiger partial charge in [-0.05, 0) is 31.0 Å². The lowest BCUT2D eigenvalue weighted by atomic mass is 9.97. The maximum absolute atomic E-state index is 11.0. The third kappa shape index (κ3) is 6.76. The first-order chi connectivity index (χ1) is 19.4. The summed E-state index contributed by atoms with van der Waals surface area (Å²) in [6.07, 6.45) is -17.8. The highest BCUT2D eigenvalue weighted by atomic mass is 16.8. The van der Waals surface area contributed by atoms with Crippen LogP contribution in [0, 0.1) is 0 Å². The molecule has 3 heterocycles. The first-order valence-corrected chi connectivity index (χ1v) is 13.0. The predicted octanol–water partition coefficient (Wildman–Crippen LogP) is -3.61. The van der Waals surface area contributed by atoms with Gasteiger partial charge in [-0.1, -0.05) is 6.07 Å². The molecule has 41 heavy (non-hydrogen) atoms. The van der Waals surface area contributed by atoms with E-state index in [0.717, 1.165) is 7.11 Å². The summed E-state index contributed by atoms with van der Waals surface area (Å²) in [7, 11) is 1.15. The first kappa shape index (κ1) is 32.2. The molecule has 0 unspecified atom stereocenters. The van der Waals surface area contributed by atoms with Gasteiger partial charge in [0.05, 0.1) is 19.3 Å². The molecular formula is C25H38O16. The third-order valence-corrected chi connectivity index (χ3v) is 7.43. The molecule has 1 aromatic rings. The van der Waals surface area contributed by atoms with Gasteiger partial charge in [-0.15, -0.1) is 0 Å². The molecule has 1 aromatic carbocycles. The van der Waals surface area contributed by atoms with Gasteiger partial charge < -0.3 is 79.1 Å².